The zero-order valence-corrected chi connectivity index (χ0v) is 11.5. The number of rotatable bonds is 3. The normalized spacial score (nSPS) is 23.8. The van der Waals surface area contributed by atoms with E-state index in [0.29, 0.717) is 6.42 Å². The summed E-state index contributed by atoms with van der Waals surface area (Å²) in [6.07, 6.45) is 0.661. The molecule has 2 unspecified atom stereocenters. The van der Waals surface area contributed by atoms with Crippen molar-refractivity contribution in [3.05, 3.63) is 29.3 Å². The van der Waals surface area contributed by atoms with Crippen molar-refractivity contribution in [1.29, 1.82) is 0 Å². The van der Waals surface area contributed by atoms with Crippen LogP contribution < -0.4 is 10.5 Å². The Morgan fingerprint density at radius 3 is 2.67 bits per heavy atom. The highest BCUT2D eigenvalue weighted by atomic mass is 32.2. The zero-order chi connectivity index (χ0) is 13.3. The molecule has 0 saturated carbocycles. The van der Waals surface area contributed by atoms with E-state index in [1.165, 1.54) is 0 Å². The standard InChI is InChI=1S/C13H19NO3S/c1-9-7-10(3-4-12(9)17-2)13(14)11-5-6-18(15,16)8-11/h3-4,7,11,13H,5-6,8,14H2,1-2H3. The molecule has 1 aliphatic heterocycles. The van der Waals surface area contributed by atoms with Crippen LogP contribution in [0.15, 0.2) is 18.2 Å². The molecular weight excluding hydrogens is 250 g/mol. The van der Waals surface area contributed by atoms with Crippen LogP contribution in [0, 0.1) is 12.8 Å². The molecule has 5 heteroatoms. The number of nitrogens with two attached hydrogens (primary N) is 1. The molecule has 1 aromatic carbocycles. The van der Waals surface area contributed by atoms with Crippen LogP contribution in [0.25, 0.3) is 0 Å². The highest BCUT2D eigenvalue weighted by Gasteiger charge is 2.32. The third kappa shape index (κ3) is 2.67. The third-order valence-corrected chi connectivity index (χ3v) is 5.37. The molecule has 2 atom stereocenters. The van der Waals surface area contributed by atoms with Crippen LogP contribution >= 0.6 is 0 Å². The Hall–Kier alpha value is -1.07. The van der Waals surface area contributed by atoms with Gasteiger partial charge >= 0.3 is 0 Å². The smallest absolute Gasteiger partial charge is 0.150 e. The maximum Gasteiger partial charge on any atom is 0.150 e. The van der Waals surface area contributed by atoms with Gasteiger partial charge in [-0.05, 0) is 36.5 Å². The highest BCUT2D eigenvalue weighted by Crippen LogP contribution is 2.31. The van der Waals surface area contributed by atoms with Gasteiger partial charge in [-0.25, -0.2) is 8.42 Å². The molecule has 1 aliphatic rings. The van der Waals surface area contributed by atoms with Crippen LogP contribution in [-0.2, 0) is 9.84 Å². The molecule has 2 rings (SSSR count). The van der Waals surface area contributed by atoms with Crippen molar-refractivity contribution < 1.29 is 13.2 Å². The van der Waals surface area contributed by atoms with E-state index in [-0.39, 0.29) is 23.5 Å². The number of methoxy groups -OCH3 is 1. The fourth-order valence-electron chi connectivity index (χ4n) is 2.49. The van der Waals surface area contributed by atoms with E-state index in [0.717, 1.165) is 16.9 Å². The van der Waals surface area contributed by atoms with Crippen LogP contribution in [0.5, 0.6) is 5.75 Å². The lowest BCUT2D eigenvalue weighted by molar-refractivity contribution is 0.410. The number of hydrogen-bond acceptors (Lipinski definition) is 4. The topological polar surface area (TPSA) is 69.4 Å². The summed E-state index contributed by atoms with van der Waals surface area (Å²) < 4.78 is 28.1. The fraction of sp³-hybridized carbons (Fsp3) is 0.538. The van der Waals surface area contributed by atoms with Gasteiger partial charge in [0.15, 0.2) is 9.84 Å². The first-order chi connectivity index (χ1) is 8.43. The van der Waals surface area contributed by atoms with Gasteiger partial charge in [-0.3, -0.25) is 0 Å². The van der Waals surface area contributed by atoms with E-state index >= 15 is 0 Å². The lowest BCUT2D eigenvalue weighted by Crippen LogP contribution is -2.22. The van der Waals surface area contributed by atoms with Crippen LogP contribution in [0.2, 0.25) is 0 Å². The number of benzene rings is 1. The summed E-state index contributed by atoms with van der Waals surface area (Å²) in [5.41, 5.74) is 8.18. The molecule has 0 aliphatic carbocycles. The summed E-state index contributed by atoms with van der Waals surface area (Å²) in [4.78, 5) is 0. The Bertz CT molecular complexity index is 539. The third-order valence-electron chi connectivity index (χ3n) is 3.58. The zero-order valence-electron chi connectivity index (χ0n) is 10.7. The number of sulfone groups is 1. The minimum Gasteiger partial charge on any atom is -0.496 e. The van der Waals surface area contributed by atoms with Gasteiger partial charge in [-0.1, -0.05) is 12.1 Å². The monoisotopic (exact) mass is 269 g/mol. The lowest BCUT2D eigenvalue weighted by atomic mass is 9.92. The van der Waals surface area contributed by atoms with Crippen molar-refractivity contribution in [2.45, 2.75) is 19.4 Å². The van der Waals surface area contributed by atoms with E-state index in [9.17, 15) is 8.42 Å². The van der Waals surface area contributed by atoms with Crippen LogP contribution in [0.1, 0.15) is 23.6 Å². The van der Waals surface area contributed by atoms with E-state index in [4.69, 9.17) is 10.5 Å². The minimum atomic E-state index is -2.88. The molecule has 1 aromatic rings. The Kier molecular flexibility index (Phi) is 3.64. The molecule has 1 heterocycles. The average molecular weight is 269 g/mol. The van der Waals surface area contributed by atoms with Crippen molar-refractivity contribution in [2.75, 3.05) is 18.6 Å². The first-order valence-electron chi connectivity index (χ1n) is 6.03. The highest BCUT2D eigenvalue weighted by molar-refractivity contribution is 7.91. The molecule has 1 saturated heterocycles. The molecule has 4 nitrogen and oxygen atoms in total. The maximum atomic E-state index is 11.5. The second-order valence-electron chi connectivity index (χ2n) is 4.92. The van der Waals surface area contributed by atoms with Crippen molar-refractivity contribution in [3.63, 3.8) is 0 Å². The van der Waals surface area contributed by atoms with Crippen molar-refractivity contribution >= 4 is 9.84 Å². The molecule has 18 heavy (non-hydrogen) atoms. The van der Waals surface area contributed by atoms with Gasteiger partial charge in [0, 0.05) is 6.04 Å². The second kappa shape index (κ2) is 4.90. The van der Waals surface area contributed by atoms with Gasteiger partial charge in [0.25, 0.3) is 0 Å². The largest absolute Gasteiger partial charge is 0.496 e. The first kappa shape index (κ1) is 13.4. The summed E-state index contributed by atoms with van der Waals surface area (Å²) in [6, 6.07) is 5.57. The summed E-state index contributed by atoms with van der Waals surface area (Å²) in [7, 11) is -1.25. The Balaban J connectivity index is 2.19. The second-order valence-corrected chi connectivity index (χ2v) is 7.15. The van der Waals surface area contributed by atoms with Crippen molar-refractivity contribution in [1.82, 2.24) is 0 Å². The number of aryl methyl sites for hydroxylation is 1. The van der Waals surface area contributed by atoms with Gasteiger partial charge in [0.1, 0.15) is 5.75 Å². The SMILES string of the molecule is COc1ccc(C(N)C2CCS(=O)(=O)C2)cc1C. The summed E-state index contributed by atoms with van der Waals surface area (Å²) in [6.45, 7) is 1.96. The molecule has 0 spiro atoms. The van der Waals surface area contributed by atoms with Gasteiger partial charge in [-0.15, -0.1) is 0 Å². The van der Waals surface area contributed by atoms with Crippen LogP contribution in [-0.4, -0.2) is 27.0 Å². The van der Waals surface area contributed by atoms with Crippen LogP contribution in [0.4, 0.5) is 0 Å². The average Bonchev–Trinajstić information content (AvgIpc) is 2.68. The van der Waals surface area contributed by atoms with Crippen LogP contribution in [0.3, 0.4) is 0 Å². The molecule has 0 amide bonds. The maximum absolute atomic E-state index is 11.5. The molecule has 0 bridgehead atoms. The van der Waals surface area contributed by atoms with E-state index in [1.807, 2.05) is 25.1 Å². The van der Waals surface area contributed by atoms with E-state index in [1.54, 1.807) is 7.11 Å². The fourth-order valence-corrected chi connectivity index (χ4v) is 4.34. The van der Waals surface area contributed by atoms with Crippen molar-refractivity contribution in [2.24, 2.45) is 11.7 Å². The van der Waals surface area contributed by atoms with Gasteiger partial charge in [0.2, 0.25) is 0 Å². The van der Waals surface area contributed by atoms with E-state index in [2.05, 4.69) is 0 Å². The summed E-state index contributed by atoms with van der Waals surface area (Å²) in [5.74, 6) is 1.33. The van der Waals surface area contributed by atoms with Gasteiger partial charge in [-0.2, -0.15) is 0 Å². The Morgan fingerprint density at radius 2 is 2.17 bits per heavy atom. The number of ether oxygens (including phenoxy) is 1. The van der Waals surface area contributed by atoms with Gasteiger partial charge in [0.05, 0.1) is 18.6 Å². The van der Waals surface area contributed by atoms with Gasteiger partial charge < -0.3 is 10.5 Å². The number of hydrogen-bond donors (Lipinski definition) is 1. The lowest BCUT2D eigenvalue weighted by Gasteiger charge is -2.19. The molecule has 0 radical (unpaired) electrons. The first-order valence-corrected chi connectivity index (χ1v) is 7.85. The molecule has 1 fully saturated rings. The molecule has 2 N–H and O–H groups in total. The summed E-state index contributed by atoms with van der Waals surface area (Å²) in [5, 5.41) is 0. The minimum absolute atomic E-state index is 0.0304. The summed E-state index contributed by atoms with van der Waals surface area (Å²) >= 11 is 0. The Morgan fingerprint density at radius 1 is 1.44 bits per heavy atom. The molecule has 100 valence electrons. The van der Waals surface area contributed by atoms with E-state index < -0.39 is 9.84 Å². The van der Waals surface area contributed by atoms with Crippen molar-refractivity contribution in [3.8, 4) is 5.75 Å². The predicted octanol–water partition coefficient (Wildman–Crippen LogP) is 1.44. The predicted molar refractivity (Wildman–Crippen MR) is 71.4 cm³/mol. The Labute approximate surface area is 108 Å². The quantitative estimate of drug-likeness (QED) is 0.901. The molecule has 0 aromatic heterocycles. The molecular formula is C13H19NO3S.